The third-order valence-corrected chi connectivity index (χ3v) is 3.13. The maximum absolute atomic E-state index is 5.89. The van der Waals surface area contributed by atoms with Gasteiger partial charge in [0.1, 0.15) is 6.10 Å². The molecule has 0 amide bonds. The van der Waals surface area contributed by atoms with Crippen molar-refractivity contribution in [3.05, 3.63) is 47.2 Å². The van der Waals surface area contributed by atoms with E-state index >= 15 is 0 Å². The van der Waals surface area contributed by atoms with Gasteiger partial charge in [0.05, 0.1) is 5.70 Å². The van der Waals surface area contributed by atoms with Crippen LogP contribution < -0.4 is 0 Å². The summed E-state index contributed by atoms with van der Waals surface area (Å²) in [6, 6.07) is 0. The second-order valence-electron chi connectivity index (χ2n) is 4.44. The molecule has 0 aromatic carbocycles. The van der Waals surface area contributed by atoms with E-state index in [1.165, 1.54) is 11.1 Å². The van der Waals surface area contributed by atoms with E-state index in [1.54, 1.807) is 0 Å². The summed E-state index contributed by atoms with van der Waals surface area (Å²) in [5, 5.41) is 0. The van der Waals surface area contributed by atoms with E-state index in [1.807, 2.05) is 0 Å². The number of rotatable bonds is 1. The fourth-order valence-corrected chi connectivity index (χ4v) is 2.22. The third-order valence-electron chi connectivity index (χ3n) is 3.13. The second kappa shape index (κ2) is 3.78. The molecule has 0 N–H and O–H groups in total. The molecule has 0 fully saturated rings. The number of allylic oxidation sites excluding steroid dienone is 5. The Labute approximate surface area is 95.7 Å². The molecule has 0 aromatic heterocycles. The molecule has 0 aromatic rings. The summed E-state index contributed by atoms with van der Waals surface area (Å²) in [5.41, 5.74) is 3.61. The Hall–Kier alpha value is -1.57. The van der Waals surface area contributed by atoms with Gasteiger partial charge in [0.15, 0.2) is 0 Å². The van der Waals surface area contributed by atoms with Crippen LogP contribution in [0.2, 0.25) is 0 Å². The van der Waals surface area contributed by atoms with Crippen LogP contribution in [0.25, 0.3) is 0 Å². The lowest BCUT2D eigenvalue weighted by Gasteiger charge is -2.15. The first kappa shape index (κ1) is 9.64. The van der Waals surface area contributed by atoms with Gasteiger partial charge in [-0.05, 0) is 25.8 Å². The van der Waals surface area contributed by atoms with E-state index < -0.39 is 0 Å². The molecular weight excluding hydrogens is 198 g/mol. The van der Waals surface area contributed by atoms with E-state index in [4.69, 9.17) is 4.74 Å². The maximum atomic E-state index is 5.89. The average Bonchev–Trinajstić information content (AvgIpc) is 2.73. The van der Waals surface area contributed by atoms with Crippen molar-refractivity contribution in [1.29, 1.82) is 0 Å². The minimum atomic E-state index is 0.158. The number of ether oxygens (including phenoxy) is 1. The molecule has 3 rings (SSSR count). The van der Waals surface area contributed by atoms with E-state index in [0.717, 1.165) is 30.9 Å². The van der Waals surface area contributed by atoms with Gasteiger partial charge in [0.2, 0.25) is 5.90 Å². The van der Waals surface area contributed by atoms with Crippen molar-refractivity contribution >= 4 is 5.90 Å². The van der Waals surface area contributed by atoms with E-state index in [2.05, 4.69) is 42.3 Å². The molecule has 0 saturated carbocycles. The van der Waals surface area contributed by atoms with Crippen LogP contribution in [0.1, 0.15) is 26.2 Å². The van der Waals surface area contributed by atoms with Gasteiger partial charge in [-0.2, -0.15) is 0 Å². The summed E-state index contributed by atoms with van der Waals surface area (Å²) in [6.45, 7) is 2.11. The maximum Gasteiger partial charge on any atom is 0.217 e. The van der Waals surface area contributed by atoms with Crippen LogP contribution in [0.15, 0.2) is 52.2 Å². The number of nitrogens with zero attached hydrogens (tertiary/aromatic N) is 1. The summed E-state index contributed by atoms with van der Waals surface area (Å²) in [6.07, 6.45) is 14.0. The van der Waals surface area contributed by atoms with Gasteiger partial charge < -0.3 is 4.74 Å². The topological polar surface area (TPSA) is 21.6 Å². The Morgan fingerprint density at radius 3 is 3.19 bits per heavy atom. The van der Waals surface area contributed by atoms with Crippen LogP contribution in [0.5, 0.6) is 0 Å². The fraction of sp³-hybridized carbons (Fsp3) is 0.357. The van der Waals surface area contributed by atoms with Gasteiger partial charge in [-0.3, -0.25) is 0 Å². The van der Waals surface area contributed by atoms with E-state index in [9.17, 15) is 0 Å². The Kier molecular flexibility index (Phi) is 2.28. The molecule has 3 aliphatic rings. The van der Waals surface area contributed by atoms with Crippen LogP contribution in [0.3, 0.4) is 0 Å². The Morgan fingerprint density at radius 1 is 1.44 bits per heavy atom. The highest BCUT2D eigenvalue weighted by Gasteiger charge is 2.28. The Morgan fingerprint density at radius 2 is 2.38 bits per heavy atom. The molecular formula is C14H15NO. The highest BCUT2D eigenvalue weighted by Crippen LogP contribution is 2.30. The first-order chi connectivity index (χ1) is 7.83. The second-order valence-corrected chi connectivity index (χ2v) is 4.44. The molecule has 0 spiro atoms. The molecule has 1 atom stereocenters. The van der Waals surface area contributed by atoms with E-state index in [-0.39, 0.29) is 6.10 Å². The van der Waals surface area contributed by atoms with Crippen LogP contribution in [0, 0.1) is 0 Å². The summed E-state index contributed by atoms with van der Waals surface area (Å²) in [5.74, 6) is 0.837. The van der Waals surface area contributed by atoms with Gasteiger partial charge in [-0.25, -0.2) is 4.99 Å². The van der Waals surface area contributed by atoms with Gasteiger partial charge in [0, 0.05) is 12.0 Å². The first-order valence-electron chi connectivity index (χ1n) is 5.83. The molecule has 82 valence electrons. The first-order valence-corrected chi connectivity index (χ1v) is 5.83. The molecule has 1 heterocycles. The van der Waals surface area contributed by atoms with Crippen molar-refractivity contribution < 1.29 is 4.74 Å². The fourth-order valence-electron chi connectivity index (χ4n) is 2.22. The standard InChI is InChI=1S/C14H15NO/c1-10-7-8-13-12(9-10)15-14(16-13)11-5-3-2-4-6-11/h2-3,5,7,9,13H,4,6,8H2,1H3. The van der Waals surface area contributed by atoms with Crippen molar-refractivity contribution in [2.45, 2.75) is 32.3 Å². The van der Waals surface area contributed by atoms with Crippen LogP contribution in [-0.4, -0.2) is 12.0 Å². The molecule has 1 aliphatic heterocycles. The highest BCUT2D eigenvalue weighted by molar-refractivity contribution is 5.96. The van der Waals surface area contributed by atoms with Gasteiger partial charge >= 0.3 is 0 Å². The zero-order chi connectivity index (χ0) is 11.0. The van der Waals surface area contributed by atoms with Crippen molar-refractivity contribution in [3.8, 4) is 0 Å². The Bertz CT molecular complexity index is 463. The SMILES string of the molecule is CC1=CCC2OC(C3=CC=CCC3)=NC2=C1. The van der Waals surface area contributed by atoms with Gasteiger partial charge in [-0.1, -0.05) is 29.9 Å². The molecule has 1 unspecified atom stereocenters. The van der Waals surface area contributed by atoms with Crippen molar-refractivity contribution in [2.75, 3.05) is 0 Å². The number of aliphatic imine (C=N–C) groups is 1. The number of hydrogen-bond acceptors (Lipinski definition) is 2. The number of hydrogen-bond donors (Lipinski definition) is 0. The molecule has 2 nitrogen and oxygen atoms in total. The zero-order valence-electron chi connectivity index (χ0n) is 9.44. The molecule has 16 heavy (non-hydrogen) atoms. The molecule has 2 heteroatoms. The molecule has 0 radical (unpaired) electrons. The van der Waals surface area contributed by atoms with Gasteiger partial charge in [0.25, 0.3) is 0 Å². The summed E-state index contributed by atoms with van der Waals surface area (Å²) >= 11 is 0. The summed E-state index contributed by atoms with van der Waals surface area (Å²) in [4.78, 5) is 4.60. The summed E-state index contributed by atoms with van der Waals surface area (Å²) in [7, 11) is 0. The number of fused-ring (bicyclic) bond motifs is 1. The molecule has 2 aliphatic carbocycles. The van der Waals surface area contributed by atoms with Crippen molar-refractivity contribution in [3.63, 3.8) is 0 Å². The minimum Gasteiger partial charge on any atom is -0.467 e. The monoisotopic (exact) mass is 213 g/mol. The van der Waals surface area contributed by atoms with Crippen LogP contribution >= 0.6 is 0 Å². The van der Waals surface area contributed by atoms with Gasteiger partial charge in [-0.15, -0.1) is 0 Å². The predicted octanol–water partition coefficient (Wildman–Crippen LogP) is 3.29. The normalized spacial score (nSPS) is 27.4. The molecule has 0 saturated heterocycles. The van der Waals surface area contributed by atoms with Crippen molar-refractivity contribution in [1.82, 2.24) is 0 Å². The smallest absolute Gasteiger partial charge is 0.217 e. The molecule has 0 bridgehead atoms. The average molecular weight is 213 g/mol. The third kappa shape index (κ3) is 1.64. The summed E-state index contributed by atoms with van der Waals surface area (Å²) < 4.78 is 5.89. The van der Waals surface area contributed by atoms with Crippen molar-refractivity contribution in [2.24, 2.45) is 4.99 Å². The lowest BCUT2D eigenvalue weighted by Crippen LogP contribution is -2.14. The lowest BCUT2D eigenvalue weighted by atomic mass is 10.0. The van der Waals surface area contributed by atoms with Crippen LogP contribution in [0.4, 0.5) is 0 Å². The predicted molar refractivity (Wildman–Crippen MR) is 65.2 cm³/mol. The zero-order valence-corrected chi connectivity index (χ0v) is 9.44. The van der Waals surface area contributed by atoms with E-state index in [0.29, 0.717) is 0 Å². The highest BCUT2D eigenvalue weighted by atomic mass is 16.5. The van der Waals surface area contributed by atoms with Crippen LogP contribution in [-0.2, 0) is 4.74 Å². The minimum absolute atomic E-state index is 0.158. The largest absolute Gasteiger partial charge is 0.467 e. The Balaban J connectivity index is 1.88. The lowest BCUT2D eigenvalue weighted by molar-refractivity contribution is 0.246. The quantitative estimate of drug-likeness (QED) is 0.655.